The molecule has 7 rings (SSSR count). The highest BCUT2D eigenvalue weighted by Gasteiger charge is 2.34. The molecular weight excluding hydrogens is 685 g/mol. The predicted octanol–water partition coefficient (Wildman–Crippen LogP) is 5.41. The Morgan fingerprint density at radius 3 is 2.35 bits per heavy atom. The van der Waals surface area contributed by atoms with Crippen molar-refractivity contribution < 1.29 is 31.2 Å². The average molecular weight is 725 g/mol. The van der Waals surface area contributed by atoms with E-state index in [9.17, 15) is 31.2 Å². The highest BCUT2D eigenvalue weighted by Crippen LogP contribution is 2.35. The summed E-state index contributed by atoms with van der Waals surface area (Å²) in [5.41, 5.74) is 2.15. The molecule has 0 radical (unpaired) electrons. The zero-order valence-corrected chi connectivity index (χ0v) is 28.9. The highest BCUT2D eigenvalue weighted by molar-refractivity contribution is 7.92. The molecule has 3 amide bonds. The van der Waals surface area contributed by atoms with E-state index < -0.39 is 32.9 Å². The van der Waals surface area contributed by atoms with Gasteiger partial charge in [0.25, 0.3) is 0 Å². The van der Waals surface area contributed by atoms with E-state index in [1.807, 2.05) is 19.2 Å². The molecule has 2 saturated heterocycles. The molecule has 0 spiro atoms. The van der Waals surface area contributed by atoms with E-state index in [4.69, 9.17) is 0 Å². The number of nitrogens with zero attached hydrogens (tertiary/aromatic N) is 6. The van der Waals surface area contributed by atoms with E-state index in [1.54, 1.807) is 22.9 Å². The second-order valence-electron chi connectivity index (χ2n) is 13.6. The minimum absolute atomic E-state index is 0.0968. The Morgan fingerprint density at radius 1 is 0.941 bits per heavy atom. The van der Waals surface area contributed by atoms with Crippen LogP contribution in [0.4, 0.5) is 29.7 Å². The highest BCUT2D eigenvalue weighted by atomic mass is 32.2. The van der Waals surface area contributed by atoms with Crippen molar-refractivity contribution in [1.82, 2.24) is 30.0 Å². The standard InChI is InChI=1S/C35H39F3N8O4S/c1-44-30-18-24(5-10-29(30)32(43-44)46-16-13-31(47)42-34(46)48)23-11-14-45(15-12-23)21-22-3-2-4-28(17-22)51(49,50)27-8-6-26(7-9-27)41-33-39-19-25(20-40-33)35(36,37)38/h2-5,10,17-20,23,26-27H,6-9,11-16,21H2,1H3,(H,39,40,41)(H,42,47,48). The van der Waals surface area contributed by atoms with E-state index >= 15 is 0 Å². The number of halogens is 3. The number of carbonyl (C=O) groups is 2. The number of carbonyl (C=O) groups excluding carboxylic acids is 2. The summed E-state index contributed by atoms with van der Waals surface area (Å²) in [6, 6.07) is 12.9. The van der Waals surface area contributed by atoms with Crippen LogP contribution in [0.3, 0.4) is 0 Å². The van der Waals surface area contributed by atoms with Crippen molar-refractivity contribution in [2.24, 2.45) is 7.05 Å². The molecular formula is C35H39F3N8O4S. The Morgan fingerprint density at radius 2 is 1.67 bits per heavy atom. The summed E-state index contributed by atoms with van der Waals surface area (Å²) in [6.07, 6.45) is 1.03. The van der Waals surface area contributed by atoms with Gasteiger partial charge in [-0.3, -0.25) is 24.6 Å². The van der Waals surface area contributed by atoms with Gasteiger partial charge in [-0.1, -0.05) is 18.2 Å². The first-order valence-electron chi connectivity index (χ1n) is 17.1. The Kier molecular flexibility index (Phi) is 9.48. The number of nitrogens with one attached hydrogen (secondary N) is 2. The number of amides is 3. The number of alkyl halides is 3. The summed E-state index contributed by atoms with van der Waals surface area (Å²) in [5, 5.41) is 10.3. The number of aryl methyl sites for hydroxylation is 1. The van der Waals surface area contributed by atoms with E-state index in [0.717, 1.165) is 54.8 Å². The van der Waals surface area contributed by atoms with Crippen LogP contribution in [-0.4, -0.2) is 75.9 Å². The SMILES string of the molecule is Cn1nc(N2CCC(=O)NC2=O)c2ccc(C3CCN(Cc4cccc(S(=O)(=O)C5CCC(Nc6ncc(C(F)(F)F)cn6)CC5)c4)CC3)cc21. The molecule has 2 aliphatic heterocycles. The molecule has 2 N–H and O–H groups in total. The minimum atomic E-state index is -4.51. The van der Waals surface area contributed by atoms with Gasteiger partial charge in [-0.15, -0.1) is 0 Å². The molecule has 270 valence electrons. The summed E-state index contributed by atoms with van der Waals surface area (Å²) in [5.74, 6) is 0.702. The maximum absolute atomic E-state index is 13.7. The lowest BCUT2D eigenvalue weighted by Crippen LogP contribution is -2.49. The molecule has 0 bridgehead atoms. The number of fused-ring (bicyclic) bond motifs is 1. The van der Waals surface area contributed by atoms with Crippen LogP contribution in [0.25, 0.3) is 10.9 Å². The van der Waals surface area contributed by atoms with Crippen molar-refractivity contribution in [3.05, 3.63) is 71.5 Å². The smallest absolute Gasteiger partial charge is 0.351 e. The number of aromatic nitrogens is 4. The van der Waals surface area contributed by atoms with Crippen molar-refractivity contribution in [3.8, 4) is 0 Å². The topological polar surface area (TPSA) is 142 Å². The number of anilines is 2. The zero-order valence-electron chi connectivity index (χ0n) is 28.1. The van der Waals surface area contributed by atoms with Gasteiger partial charge in [0, 0.05) is 50.4 Å². The first kappa shape index (κ1) is 34.9. The predicted molar refractivity (Wildman–Crippen MR) is 184 cm³/mol. The molecule has 1 saturated carbocycles. The molecule has 4 heterocycles. The third kappa shape index (κ3) is 7.42. The lowest BCUT2D eigenvalue weighted by molar-refractivity contribution is -0.138. The minimum Gasteiger partial charge on any atom is -0.351 e. The molecule has 12 nitrogen and oxygen atoms in total. The lowest BCUT2D eigenvalue weighted by atomic mass is 9.89. The summed E-state index contributed by atoms with van der Waals surface area (Å²) in [6.45, 7) is 2.65. The van der Waals surface area contributed by atoms with Crippen LogP contribution in [0.1, 0.15) is 67.6 Å². The molecule has 4 aromatic rings. The number of rotatable bonds is 8. The van der Waals surface area contributed by atoms with Gasteiger partial charge < -0.3 is 5.32 Å². The Hall–Kier alpha value is -4.57. The molecule has 3 aliphatic rings. The van der Waals surface area contributed by atoms with Gasteiger partial charge in [-0.25, -0.2) is 23.2 Å². The maximum atomic E-state index is 13.7. The normalized spacial score (nSPS) is 21.2. The molecule has 51 heavy (non-hydrogen) atoms. The molecule has 0 unspecified atom stereocenters. The maximum Gasteiger partial charge on any atom is 0.419 e. The van der Waals surface area contributed by atoms with Gasteiger partial charge in [0.1, 0.15) is 0 Å². The number of hydrogen-bond acceptors (Lipinski definition) is 9. The fourth-order valence-electron chi connectivity index (χ4n) is 7.42. The van der Waals surface area contributed by atoms with Gasteiger partial charge in [0.05, 0.1) is 21.2 Å². The quantitative estimate of drug-likeness (QED) is 0.244. The number of urea groups is 1. The first-order valence-corrected chi connectivity index (χ1v) is 18.7. The van der Waals surface area contributed by atoms with Crippen molar-refractivity contribution in [1.29, 1.82) is 0 Å². The van der Waals surface area contributed by atoms with Crippen LogP contribution in [0.2, 0.25) is 0 Å². The van der Waals surface area contributed by atoms with Crippen molar-refractivity contribution in [3.63, 3.8) is 0 Å². The number of benzene rings is 2. The molecule has 16 heteroatoms. The fourth-order valence-corrected chi connectivity index (χ4v) is 9.28. The molecule has 2 aromatic heterocycles. The van der Waals surface area contributed by atoms with E-state index in [0.29, 0.717) is 48.9 Å². The van der Waals surface area contributed by atoms with E-state index in [1.165, 1.54) is 10.5 Å². The molecule has 0 atom stereocenters. The van der Waals surface area contributed by atoms with Crippen LogP contribution in [0.15, 0.2) is 59.8 Å². The summed E-state index contributed by atoms with van der Waals surface area (Å²) >= 11 is 0. The summed E-state index contributed by atoms with van der Waals surface area (Å²) < 4.78 is 67.5. The fraction of sp³-hybridized carbons (Fsp3) is 0.457. The Labute approximate surface area is 293 Å². The second-order valence-corrected chi connectivity index (χ2v) is 15.9. The lowest BCUT2D eigenvalue weighted by Gasteiger charge is -2.32. The van der Waals surface area contributed by atoms with Crippen molar-refractivity contribution in [2.45, 2.75) is 79.8 Å². The third-order valence-electron chi connectivity index (χ3n) is 10.3. The third-order valence-corrected chi connectivity index (χ3v) is 12.5. The van der Waals surface area contributed by atoms with E-state index in [2.05, 4.69) is 42.7 Å². The van der Waals surface area contributed by atoms with Crippen LogP contribution in [0.5, 0.6) is 0 Å². The number of imide groups is 1. The monoisotopic (exact) mass is 724 g/mol. The number of hydrogen-bond donors (Lipinski definition) is 2. The van der Waals surface area contributed by atoms with Crippen molar-refractivity contribution >= 4 is 44.4 Å². The first-order chi connectivity index (χ1) is 24.3. The van der Waals surface area contributed by atoms with Gasteiger partial charge in [-0.05, 0) is 92.9 Å². The number of piperidine rings is 1. The zero-order chi connectivity index (χ0) is 35.9. The molecule has 1 aliphatic carbocycles. The van der Waals surface area contributed by atoms with Gasteiger partial charge in [-0.2, -0.15) is 18.3 Å². The second kappa shape index (κ2) is 13.9. The molecule has 3 fully saturated rings. The van der Waals surface area contributed by atoms with Gasteiger partial charge in [0.2, 0.25) is 11.9 Å². The largest absolute Gasteiger partial charge is 0.419 e. The average Bonchev–Trinajstić information content (AvgIpc) is 3.44. The Bertz CT molecular complexity index is 2040. The van der Waals surface area contributed by atoms with Crippen LogP contribution in [0, 0.1) is 0 Å². The van der Waals surface area contributed by atoms with Gasteiger partial charge >= 0.3 is 12.2 Å². The number of likely N-dealkylation sites (tertiary alicyclic amines) is 1. The summed E-state index contributed by atoms with van der Waals surface area (Å²) in [7, 11) is -1.72. The van der Waals surface area contributed by atoms with Crippen LogP contribution < -0.4 is 15.5 Å². The van der Waals surface area contributed by atoms with Gasteiger partial charge in [0.15, 0.2) is 15.7 Å². The molecule has 2 aromatic carbocycles. The van der Waals surface area contributed by atoms with Crippen molar-refractivity contribution in [2.75, 3.05) is 29.9 Å². The Balaban J connectivity index is 0.930. The number of sulfone groups is 1. The summed E-state index contributed by atoms with van der Waals surface area (Å²) in [4.78, 5) is 35.8. The van der Waals surface area contributed by atoms with Crippen LogP contribution >= 0.6 is 0 Å². The van der Waals surface area contributed by atoms with E-state index in [-0.39, 0.29) is 30.9 Å². The van der Waals surface area contributed by atoms with Crippen LogP contribution in [-0.2, 0) is 34.4 Å².